The van der Waals surface area contributed by atoms with Gasteiger partial charge in [0, 0.05) is 33.5 Å². The van der Waals surface area contributed by atoms with Gasteiger partial charge in [0.2, 0.25) is 0 Å². The third kappa shape index (κ3) is 3.61. The van der Waals surface area contributed by atoms with Crippen LogP contribution in [0.3, 0.4) is 0 Å². The van der Waals surface area contributed by atoms with Gasteiger partial charge in [-0.05, 0) is 66.3 Å². The molecule has 0 saturated carbocycles. The highest BCUT2D eigenvalue weighted by Gasteiger charge is 2.21. The maximum absolute atomic E-state index is 13.9. The molecule has 0 amide bonds. The maximum atomic E-state index is 13.9. The van der Waals surface area contributed by atoms with Crippen LogP contribution in [-0.4, -0.2) is 13.1 Å². The monoisotopic (exact) mass is 495 g/mol. The number of halogens is 1. The Hall–Kier alpha value is -3.28. The van der Waals surface area contributed by atoms with Crippen molar-refractivity contribution < 1.29 is 8.81 Å². The summed E-state index contributed by atoms with van der Waals surface area (Å²) in [6.45, 7) is 11.4. The zero-order valence-electron chi connectivity index (χ0n) is 20.5. The van der Waals surface area contributed by atoms with Crippen molar-refractivity contribution in [3.63, 3.8) is 0 Å². The van der Waals surface area contributed by atoms with Crippen LogP contribution in [0.1, 0.15) is 11.1 Å². The molecule has 6 rings (SSSR count). The van der Waals surface area contributed by atoms with E-state index >= 15 is 0 Å². The van der Waals surface area contributed by atoms with Crippen LogP contribution in [0, 0.1) is 19.7 Å². The van der Waals surface area contributed by atoms with Crippen LogP contribution in [0.15, 0.2) is 71.3 Å². The fourth-order valence-corrected chi connectivity index (χ4v) is 7.39. The fraction of sp³-hybridized carbons (Fsp3) is 0.167. The Labute approximate surface area is 209 Å². The van der Waals surface area contributed by atoms with Crippen molar-refractivity contribution in [3.05, 3.63) is 83.8 Å². The smallest absolute Gasteiger partial charge is 0.144 e. The van der Waals surface area contributed by atoms with E-state index in [9.17, 15) is 4.39 Å². The van der Waals surface area contributed by atoms with E-state index in [4.69, 9.17) is 9.40 Å². The van der Waals surface area contributed by atoms with Crippen molar-refractivity contribution in [1.82, 2.24) is 4.98 Å². The number of hydrogen-bond donors (Lipinski definition) is 0. The van der Waals surface area contributed by atoms with Gasteiger partial charge in [-0.15, -0.1) is 11.3 Å². The Morgan fingerprint density at radius 3 is 2.37 bits per heavy atom. The summed E-state index contributed by atoms with van der Waals surface area (Å²) >= 11 is 1.78. The van der Waals surface area contributed by atoms with Crippen LogP contribution in [0.25, 0.3) is 53.7 Å². The first kappa shape index (κ1) is 22.2. The number of hydrogen-bond acceptors (Lipinski definition) is 3. The molecule has 0 unspecified atom stereocenters. The van der Waals surface area contributed by atoms with Crippen molar-refractivity contribution in [2.24, 2.45) is 0 Å². The summed E-state index contributed by atoms with van der Waals surface area (Å²) in [4.78, 5) is 6.10. The van der Waals surface area contributed by atoms with E-state index in [2.05, 4.69) is 76.0 Å². The third-order valence-corrected chi connectivity index (χ3v) is 10.2. The highest BCUT2D eigenvalue weighted by Crippen LogP contribution is 2.44. The molecule has 0 saturated heterocycles. The number of thiophene rings is 1. The first-order valence-corrected chi connectivity index (χ1v) is 16.1. The number of furan rings is 1. The van der Waals surface area contributed by atoms with Gasteiger partial charge < -0.3 is 4.42 Å². The zero-order valence-corrected chi connectivity index (χ0v) is 22.3. The Balaban J connectivity index is 1.58. The molecule has 174 valence electrons. The summed E-state index contributed by atoms with van der Waals surface area (Å²) in [7, 11) is -1.35. The summed E-state index contributed by atoms with van der Waals surface area (Å²) in [5, 5.41) is 4.58. The summed E-state index contributed by atoms with van der Waals surface area (Å²) in [6, 6.07) is 20.2. The van der Waals surface area contributed by atoms with Crippen LogP contribution in [-0.2, 0) is 0 Å². The second kappa shape index (κ2) is 7.87. The second-order valence-corrected chi connectivity index (χ2v) is 16.4. The zero-order chi connectivity index (χ0) is 24.5. The van der Waals surface area contributed by atoms with E-state index in [1.54, 1.807) is 17.4 Å². The van der Waals surface area contributed by atoms with Crippen LogP contribution >= 0.6 is 11.3 Å². The van der Waals surface area contributed by atoms with E-state index in [0.717, 1.165) is 37.9 Å². The SMILES string of the molecule is Cc1cc(-c2nccc3c(C)c(-c4ccc([Si](C)(C)C)cc4)sc23)c2oc3cc(F)ccc3c2c1. The highest BCUT2D eigenvalue weighted by molar-refractivity contribution is 7.23. The minimum Gasteiger partial charge on any atom is -0.455 e. The van der Waals surface area contributed by atoms with Crippen LogP contribution in [0.2, 0.25) is 19.6 Å². The standard InChI is InChI=1S/C30H26FNOSSi/c1-17-14-24-23-11-8-20(31)16-26(23)33-28(24)25(15-17)27-30-22(12-13-32-27)18(2)29(34-30)19-6-9-21(10-7-19)35(3,4)5/h6-16H,1-5H3. The molecule has 35 heavy (non-hydrogen) atoms. The second-order valence-electron chi connectivity index (χ2n) is 10.4. The number of aromatic nitrogens is 1. The number of fused-ring (bicyclic) bond motifs is 4. The molecule has 3 aromatic carbocycles. The lowest BCUT2D eigenvalue weighted by atomic mass is 10.0. The number of benzene rings is 3. The summed E-state index contributed by atoms with van der Waals surface area (Å²) in [6.07, 6.45) is 1.88. The van der Waals surface area contributed by atoms with E-state index in [1.165, 1.54) is 38.7 Å². The molecule has 0 aliphatic rings. The molecule has 0 atom stereocenters. The van der Waals surface area contributed by atoms with E-state index in [1.807, 2.05) is 6.20 Å². The minimum absolute atomic E-state index is 0.297. The predicted molar refractivity (Wildman–Crippen MR) is 150 cm³/mol. The largest absolute Gasteiger partial charge is 0.455 e. The first-order valence-electron chi connectivity index (χ1n) is 11.8. The molecule has 3 aromatic heterocycles. The summed E-state index contributed by atoms with van der Waals surface area (Å²) < 4.78 is 21.3. The molecule has 2 nitrogen and oxygen atoms in total. The topological polar surface area (TPSA) is 26.0 Å². The molecule has 0 N–H and O–H groups in total. The first-order chi connectivity index (χ1) is 16.7. The van der Waals surface area contributed by atoms with Gasteiger partial charge in [0.1, 0.15) is 17.0 Å². The molecular formula is C30H26FNOSSi. The van der Waals surface area contributed by atoms with Gasteiger partial charge in [-0.3, -0.25) is 4.98 Å². The molecule has 0 aliphatic heterocycles. The lowest BCUT2D eigenvalue weighted by Gasteiger charge is -2.16. The van der Waals surface area contributed by atoms with Crippen molar-refractivity contribution in [1.29, 1.82) is 0 Å². The van der Waals surface area contributed by atoms with Gasteiger partial charge in [-0.1, -0.05) is 49.1 Å². The predicted octanol–water partition coefficient (Wildman–Crippen LogP) is 8.83. The van der Waals surface area contributed by atoms with Crippen LogP contribution in [0.5, 0.6) is 0 Å². The molecule has 0 bridgehead atoms. The summed E-state index contributed by atoms with van der Waals surface area (Å²) in [5.74, 6) is -0.297. The average molecular weight is 496 g/mol. The maximum Gasteiger partial charge on any atom is 0.144 e. The van der Waals surface area contributed by atoms with E-state index < -0.39 is 8.07 Å². The van der Waals surface area contributed by atoms with Crippen LogP contribution in [0.4, 0.5) is 4.39 Å². The lowest BCUT2D eigenvalue weighted by molar-refractivity contribution is 0.618. The van der Waals surface area contributed by atoms with Gasteiger partial charge in [-0.25, -0.2) is 4.39 Å². The van der Waals surface area contributed by atoms with E-state index in [0.29, 0.717) is 5.58 Å². The number of aryl methyl sites for hydroxylation is 2. The molecule has 6 aromatic rings. The van der Waals surface area contributed by atoms with Gasteiger partial charge in [0.15, 0.2) is 0 Å². The van der Waals surface area contributed by atoms with Gasteiger partial charge in [0.05, 0.1) is 18.5 Å². The number of nitrogens with zero attached hydrogens (tertiary/aromatic N) is 1. The Morgan fingerprint density at radius 1 is 0.857 bits per heavy atom. The van der Waals surface area contributed by atoms with Crippen LogP contribution < -0.4 is 5.19 Å². The number of rotatable bonds is 3. The molecule has 0 spiro atoms. The normalized spacial score (nSPS) is 12.3. The summed E-state index contributed by atoms with van der Waals surface area (Å²) in [5.41, 5.74) is 6.80. The third-order valence-electron chi connectivity index (χ3n) is 6.80. The van der Waals surface area contributed by atoms with Crippen molar-refractivity contribution in [2.45, 2.75) is 33.5 Å². The van der Waals surface area contributed by atoms with Crippen molar-refractivity contribution >= 4 is 56.6 Å². The molecule has 0 radical (unpaired) electrons. The Bertz CT molecular complexity index is 1760. The van der Waals surface area contributed by atoms with Crippen molar-refractivity contribution in [3.8, 4) is 21.7 Å². The Kier molecular flexibility index (Phi) is 4.99. The molecule has 0 aliphatic carbocycles. The molecular weight excluding hydrogens is 469 g/mol. The van der Waals surface area contributed by atoms with Crippen molar-refractivity contribution in [2.75, 3.05) is 0 Å². The molecule has 3 heterocycles. The molecule has 0 fully saturated rings. The number of pyridine rings is 1. The average Bonchev–Trinajstić information content (AvgIpc) is 3.35. The van der Waals surface area contributed by atoms with Gasteiger partial charge >= 0.3 is 0 Å². The highest BCUT2D eigenvalue weighted by atomic mass is 32.1. The van der Waals surface area contributed by atoms with E-state index in [-0.39, 0.29) is 5.82 Å². The van der Waals surface area contributed by atoms with Gasteiger partial charge in [-0.2, -0.15) is 0 Å². The molecule has 5 heteroatoms. The quantitative estimate of drug-likeness (QED) is 0.229. The Morgan fingerprint density at radius 2 is 1.63 bits per heavy atom. The minimum atomic E-state index is -1.35. The lowest BCUT2D eigenvalue weighted by Crippen LogP contribution is -2.37. The van der Waals surface area contributed by atoms with Gasteiger partial charge in [0.25, 0.3) is 0 Å². The fourth-order valence-electron chi connectivity index (χ4n) is 4.91.